The highest BCUT2D eigenvalue weighted by atomic mass is 35.5. The fraction of sp³-hybridized carbons (Fsp3) is 0.350. The number of thiocarbonyl (C=S) groups is 1. The molecule has 3 rings (SSSR count). The largest absolute Gasteiger partial charge is 0.393 e. The van der Waals surface area contributed by atoms with Crippen LogP contribution in [0, 0.1) is 5.41 Å². The zero-order valence-electron chi connectivity index (χ0n) is 15.2. The first-order valence-electron chi connectivity index (χ1n) is 8.66. The number of hydrogen-bond acceptors (Lipinski definition) is 4. The molecule has 0 aliphatic heterocycles. The number of sulfone groups is 1. The summed E-state index contributed by atoms with van der Waals surface area (Å²) < 4.78 is 32.1. The van der Waals surface area contributed by atoms with Gasteiger partial charge in [0.1, 0.15) is 0 Å². The van der Waals surface area contributed by atoms with Crippen molar-refractivity contribution in [3.8, 4) is 0 Å². The molecule has 2 aromatic carbocycles. The lowest BCUT2D eigenvalue weighted by Crippen LogP contribution is -2.33. The number of methoxy groups -OCH3 is 1. The van der Waals surface area contributed by atoms with Crippen molar-refractivity contribution in [3.05, 3.63) is 64.7 Å². The first-order valence-corrected chi connectivity index (χ1v) is 11.0. The van der Waals surface area contributed by atoms with Crippen molar-refractivity contribution in [1.82, 2.24) is 0 Å². The second kappa shape index (κ2) is 7.51. The van der Waals surface area contributed by atoms with Gasteiger partial charge >= 0.3 is 0 Å². The Hall–Kier alpha value is -1.47. The van der Waals surface area contributed by atoms with Crippen LogP contribution in [0.15, 0.2) is 53.4 Å². The van der Waals surface area contributed by atoms with E-state index in [0.717, 1.165) is 12.0 Å². The Morgan fingerprint density at radius 1 is 1.19 bits per heavy atom. The molecule has 0 aromatic heterocycles. The molecule has 2 aromatic rings. The minimum atomic E-state index is -3.68. The molecule has 0 radical (unpaired) electrons. The van der Waals surface area contributed by atoms with E-state index in [1.54, 1.807) is 12.1 Å². The Bertz CT molecular complexity index is 942. The normalized spacial score (nSPS) is 24.6. The van der Waals surface area contributed by atoms with E-state index in [-0.39, 0.29) is 22.4 Å². The second-order valence-electron chi connectivity index (χ2n) is 6.83. The Labute approximate surface area is 170 Å². The molecule has 0 heterocycles. The minimum Gasteiger partial charge on any atom is -0.393 e. The van der Waals surface area contributed by atoms with E-state index in [4.69, 9.17) is 34.3 Å². The average Bonchev–Trinajstić information content (AvgIpc) is 3.33. The fourth-order valence-corrected chi connectivity index (χ4v) is 6.74. The van der Waals surface area contributed by atoms with Crippen molar-refractivity contribution in [2.75, 3.05) is 13.7 Å². The Balaban J connectivity index is 2.09. The highest BCUT2D eigenvalue weighted by Crippen LogP contribution is 2.64. The number of hydrogen-bond donors (Lipinski definition) is 1. The maximum atomic E-state index is 13.4. The third-order valence-corrected chi connectivity index (χ3v) is 8.24. The predicted octanol–water partition coefficient (Wildman–Crippen LogP) is 3.76. The van der Waals surface area contributed by atoms with Gasteiger partial charge in [0.2, 0.25) is 0 Å². The van der Waals surface area contributed by atoms with Crippen molar-refractivity contribution < 1.29 is 13.2 Å². The lowest BCUT2D eigenvalue weighted by atomic mass is 9.98. The van der Waals surface area contributed by atoms with Crippen LogP contribution in [0.1, 0.15) is 24.0 Å². The van der Waals surface area contributed by atoms with Crippen LogP contribution < -0.4 is 5.73 Å². The van der Waals surface area contributed by atoms with Gasteiger partial charge in [0, 0.05) is 18.1 Å². The number of benzene rings is 2. The van der Waals surface area contributed by atoms with E-state index in [1.165, 1.54) is 24.8 Å². The zero-order chi connectivity index (χ0) is 19.8. The lowest BCUT2D eigenvalue weighted by molar-refractivity contribution is 0.166. The molecule has 7 heteroatoms. The highest BCUT2D eigenvalue weighted by Gasteiger charge is 2.73. The molecule has 3 atom stereocenters. The van der Waals surface area contributed by atoms with Gasteiger partial charge in [-0.2, -0.15) is 0 Å². The smallest absolute Gasteiger partial charge is 0.182 e. The topological polar surface area (TPSA) is 69.4 Å². The molecule has 2 N–H and O–H groups in total. The first kappa shape index (κ1) is 20.3. The number of nitrogens with two attached hydrogens (primary N) is 1. The average molecular weight is 424 g/mol. The van der Waals surface area contributed by atoms with E-state index in [9.17, 15) is 8.42 Å². The molecule has 0 saturated heterocycles. The number of halogens is 1. The third-order valence-electron chi connectivity index (χ3n) is 5.32. The molecule has 144 valence electrons. The summed E-state index contributed by atoms with van der Waals surface area (Å²) in [7, 11) is -2.15. The van der Waals surface area contributed by atoms with Gasteiger partial charge in [0.05, 0.1) is 27.2 Å². The third kappa shape index (κ3) is 3.40. The molecule has 4 nitrogen and oxygen atoms in total. The Morgan fingerprint density at radius 3 is 2.26 bits per heavy atom. The van der Waals surface area contributed by atoms with Crippen molar-refractivity contribution in [1.29, 1.82) is 0 Å². The molecule has 1 fully saturated rings. The molecule has 1 aliphatic rings. The Kier molecular flexibility index (Phi) is 5.64. The standard InChI is InChI=1S/C20H22ClNO3S2/c1-3-13-4-6-14(7-5-13)17-18(20(17,12-25-2)19(22)26)27(23,24)16-10-8-15(21)9-11-16/h4-11,17-18H,3,12H2,1-2H3,(H2,22,26)/t17-,18+,20-/m0/s1. The highest BCUT2D eigenvalue weighted by molar-refractivity contribution is 7.92. The van der Waals surface area contributed by atoms with E-state index in [0.29, 0.717) is 5.02 Å². The summed E-state index contributed by atoms with van der Waals surface area (Å²) in [6.45, 7) is 2.23. The predicted molar refractivity (Wildman–Crippen MR) is 112 cm³/mol. The summed E-state index contributed by atoms with van der Waals surface area (Å²) in [6.07, 6.45) is 0.913. The van der Waals surface area contributed by atoms with Crippen molar-refractivity contribution >= 4 is 38.6 Å². The Morgan fingerprint density at radius 2 is 1.78 bits per heavy atom. The van der Waals surface area contributed by atoms with Gasteiger partial charge in [0.15, 0.2) is 9.84 Å². The summed E-state index contributed by atoms with van der Waals surface area (Å²) in [5.41, 5.74) is 7.22. The van der Waals surface area contributed by atoms with Gasteiger partial charge in [0.25, 0.3) is 0 Å². The number of aryl methyl sites for hydroxylation is 1. The maximum absolute atomic E-state index is 13.4. The van der Waals surface area contributed by atoms with Gasteiger partial charge < -0.3 is 10.5 Å². The van der Waals surface area contributed by atoms with Crippen LogP contribution in [0.3, 0.4) is 0 Å². The molecular formula is C20H22ClNO3S2. The van der Waals surface area contributed by atoms with Crippen LogP contribution in [0.2, 0.25) is 5.02 Å². The van der Waals surface area contributed by atoms with Gasteiger partial charge in [-0.05, 0) is 41.8 Å². The molecule has 27 heavy (non-hydrogen) atoms. The van der Waals surface area contributed by atoms with E-state index >= 15 is 0 Å². The van der Waals surface area contributed by atoms with Crippen LogP contribution in [-0.2, 0) is 21.0 Å². The van der Waals surface area contributed by atoms with Crippen molar-refractivity contribution in [2.24, 2.45) is 11.1 Å². The van der Waals surface area contributed by atoms with Crippen LogP contribution in [0.4, 0.5) is 0 Å². The van der Waals surface area contributed by atoms with E-state index in [1.807, 2.05) is 24.3 Å². The molecule has 1 saturated carbocycles. The quantitative estimate of drug-likeness (QED) is 0.686. The SMILES string of the molecule is CCc1ccc([C@H]2[C@@H](S(=O)(=O)c3ccc(Cl)cc3)[C@@]2(COC)C(N)=S)cc1. The van der Waals surface area contributed by atoms with Crippen LogP contribution in [0.25, 0.3) is 0 Å². The van der Waals surface area contributed by atoms with Gasteiger partial charge in [-0.15, -0.1) is 0 Å². The van der Waals surface area contributed by atoms with Crippen LogP contribution >= 0.6 is 23.8 Å². The summed E-state index contributed by atoms with van der Waals surface area (Å²) in [6, 6.07) is 14.1. The monoisotopic (exact) mass is 423 g/mol. The number of rotatable bonds is 7. The summed E-state index contributed by atoms with van der Waals surface area (Å²) >= 11 is 11.2. The molecule has 1 aliphatic carbocycles. The summed E-state index contributed by atoms with van der Waals surface area (Å²) in [5, 5.41) is -0.287. The van der Waals surface area contributed by atoms with Crippen LogP contribution in [0.5, 0.6) is 0 Å². The molecule has 0 bridgehead atoms. The fourth-order valence-electron chi connectivity index (χ4n) is 3.84. The summed E-state index contributed by atoms with van der Waals surface area (Å²) in [4.78, 5) is 0.373. The maximum Gasteiger partial charge on any atom is 0.182 e. The molecule has 0 unspecified atom stereocenters. The molecule has 0 amide bonds. The lowest BCUT2D eigenvalue weighted by Gasteiger charge is -2.16. The molecule has 0 spiro atoms. The first-order chi connectivity index (χ1) is 12.8. The van der Waals surface area contributed by atoms with Gasteiger partial charge in [-0.1, -0.05) is 55.0 Å². The van der Waals surface area contributed by atoms with Crippen LogP contribution in [-0.4, -0.2) is 32.4 Å². The second-order valence-corrected chi connectivity index (χ2v) is 9.78. The summed E-state index contributed by atoms with van der Waals surface area (Å²) in [5.74, 6) is -0.346. The van der Waals surface area contributed by atoms with Gasteiger partial charge in [-0.25, -0.2) is 8.42 Å². The van der Waals surface area contributed by atoms with Gasteiger partial charge in [-0.3, -0.25) is 0 Å². The zero-order valence-corrected chi connectivity index (χ0v) is 17.6. The van der Waals surface area contributed by atoms with Crippen molar-refractivity contribution in [3.63, 3.8) is 0 Å². The van der Waals surface area contributed by atoms with E-state index in [2.05, 4.69) is 6.92 Å². The molecular weight excluding hydrogens is 402 g/mol. The van der Waals surface area contributed by atoms with E-state index < -0.39 is 20.5 Å². The van der Waals surface area contributed by atoms with Crippen molar-refractivity contribution in [2.45, 2.75) is 29.4 Å². The minimum absolute atomic E-state index is 0.153. The number of ether oxygens (including phenoxy) is 1.